The van der Waals surface area contributed by atoms with Crippen LogP contribution in [-0.2, 0) is 0 Å². The van der Waals surface area contributed by atoms with Gasteiger partial charge in [-0.2, -0.15) is 0 Å². The number of aryl methyl sites for hydroxylation is 1. The number of carbonyl (C=O) groups excluding carboxylic acids is 1. The Balaban J connectivity index is 1.82. The molecule has 2 N–H and O–H groups in total. The van der Waals surface area contributed by atoms with Crippen LogP contribution in [-0.4, -0.2) is 22.0 Å². The minimum Gasteiger partial charge on any atom is -0.478 e. The van der Waals surface area contributed by atoms with Crippen LogP contribution in [0.2, 0.25) is 0 Å². The summed E-state index contributed by atoms with van der Waals surface area (Å²) in [6, 6.07) is 3.30. The zero-order valence-electron chi connectivity index (χ0n) is 13.1. The molecule has 1 amide bonds. The number of benzene rings is 1. The van der Waals surface area contributed by atoms with E-state index in [1.165, 1.54) is 24.2 Å². The number of carboxylic acids is 1. The van der Waals surface area contributed by atoms with Gasteiger partial charge in [-0.3, -0.25) is 4.79 Å². The molecule has 3 rings (SSSR count). The minimum atomic E-state index is -1.18. The van der Waals surface area contributed by atoms with Crippen LogP contribution in [0, 0.1) is 12.7 Å². The monoisotopic (exact) mass is 348 g/mol. The van der Waals surface area contributed by atoms with Gasteiger partial charge in [0.05, 0.1) is 22.0 Å². The van der Waals surface area contributed by atoms with E-state index in [2.05, 4.69) is 10.3 Å². The fourth-order valence-electron chi connectivity index (χ4n) is 2.91. The van der Waals surface area contributed by atoms with Crippen LogP contribution < -0.4 is 5.32 Å². The lowest BCUT2D eigenvalue weighted by Gasteiger charge is -2.06. The van der Waals surface area contributed by atoms with Crippen LogP contribution in [0.3, 0.4) is 0 Å². The number of carbonyl (C=O) groups is 2. The molecule has 1 aromatic carbocycles. The van der Waals surface area contributed by atoms with Crippen LogP contribution in [0.4, 0.5) is 10.1 Å². The van der Waals surface area contributed by atoms with E-state index in [9.17, 15) is 14.0 Å². The van der Waals surface area contributed by atoms with Crippen molar-refractivity contribution in [2.45, 2.75) is 38.5 Å². The number of rotatable bonds is 4. The first-order valence-corrected chi connectivity index (χ1v) is 8.59. The highest BCUT2D eigenvalue weighted by Crippen LogP contribution is 2.37. The molecule has 0 aliphatic heterocycles. The summed E-state index contributed by atoms with van der Waals surface area (Å²) in [5, 5.41) is 12.4. The zero-order valence-corrected chi connectivity index (χ0v) is 14.0. The first-order chi connectivity index (χ1) is 11.5. The summed E-state index contributed by atoms with van der Waals surface area (Å²) in [5.74, 6) is -1.91. The number of aromatic nitrogens is 1. The Hall–Kier alpha value is -2.28. The number of aromatic carboxylic acids is 1. The van der Waals surface area contributed by atoms with Gasteiger partial charge in [0, 0.05) is 5.92 Å². The Morgan fingerprint density at radius 3 is 2.71 bits per heavy atom. The molecule has 0 radical (unpaired) electrons. The van der Waals surface area contributed by atoms with Gasteiger partial charge in [-0.15, -0.1) is 11.3 Å². The van der Waals surface area contributed by atoms with Gasteiger partial charge in [0.15, 0.2) is 0 Å². The topological polar surface area (TPSA) is 79.3 Å². The average molecular weight is 348 g/mol. The molecule has 1 fully saturated rings. The summed E-state index contributed by atoms with van der Waals surface area (Å²) >= 11 is 1.34. The van der Waals surface area contributed by atoms with Crippen molar-refractivity contribution in [3.05, 3.63) is 45.2 Å². The Labute approximate surface area is 142 Å². The van der Waals surface area contributed by atoms with Gasteiger partial charge < -0.3 is 10.4 Å². The van der Waals surface area contributed by atoms with E-state index in [-0.39, 0.29) is 11.3 Å². The number of nitrogens with one attached hydrogen (secondary N) is 1. The van der Waals surface area contributed by atoms with Gasteiger partial charge in [-0.1, -0.05) is 12.8 Å². The molecule has 0 atom stereocenters. The molecule has 126 valence electrons. The van der Waals surface area contributed by atoms with Crippen molar-refractivity contribution in [3.8, 4) is 0 Å². The van der Waals surface area contributed by atoms with Crippen LogP contribution in [0.5, 0.6) is 0 Å². The van der Waals surface area contributed by atoms with Crippen molar-refractivity contribution >= 4 is 28.9 Å². The summed E-state index contributed by atoms with van der Waals surface area (Å²) in [4.78, 5) is 28.4. The minimum absolute atomic E-state index is 0.0839. The number of halogens is 1. The molecule has 24 heavy (non-hydrogen) atoms. The maximum absolute atomic E-state index is 13.8. The lowest BCUT2D eigenvalue weighted by molar-refractivity contribution is 0.0696. The Morgan fingerprint density at radius 2 is 2.04 bits per heavy atom. The zero-order chi connectivity index (χ0) is 17.3. The van der Waals surface area contributed by atoms with E-state index in [0.717, 1.165) is 36.0 Å². The Bertz CT molecular complexity index is 797. The predicted octanol–water partition coefficient (Wildman–Crippen LogP) is 4.20. The molecular formula is C17H17FN2O3S. The third kappa shape index (κ3) is 3.31. The van der Waals surface area contributed by atoms with E-state index in [1.807, 2.05) is 0 Å². The number of thiazole rings is 1. The lowest BCUT2D eigenvalue weighted by Crippen LogP contribution is -2.13. The standard InChI is InChI=1S/C17H17FN2O3S/c1-9-14(24-16(19-9)10-4-2-3-5-10)15(21)20-13-8-11(17(22)23)6-7-12(13)18/h6-8,10H,2-5H2,1H3,(H,20,21)(H,22,23). The maximum atomic E-state index is 13.8. The van der Waals surface area contributed by atoms with Gasteiger partial charge in [0.2, 0.25) is 0 Å². The molecule has 5 nitrogen and oxygen atoms in total. The number of carboxylic acid groups (broad SMARTS) is 1. The van der Waals surface area contributed by atoms with E-state index in [0.29, 0.717) is 16.5 Å². The maximum Gasteiger partial charge on any atom is 0.335 e. The normalized spacial score (nSPS) is 14.8. The highest BCUT2D eigenvalue weighted by Gasteiger charge is 2.24. The van der Waals surface area contributed by atoms with Crippen LogP contribution in [0.15, 0.2) is 18.2 Å². The van der Waals surface area contributed by atoms with Gasteiger partial charge in [0.25, 0.3) is 5.91 Å². The van der Waals surface area contributed by atoms with Crippen molar-refractivity contribution in [1.82, 2.24) is 4.98 Å². The van der Waals surface area contributed by atoms with E-state index in [1.54, 1.807) is 6.92 Å². The molecule has 1 aromatic heterocycles. The number of anilines is 1. The second kappa shape index (κ2) is 6.68. The second-order valence-corrected chi connectivity index (χ2v) is 6.93. The van der Waals surface area contributed by atoms with Crippen molar-refractivity contribution in [3.63, 3.8) is 0 Å². The molecule has 1 heterocycles. The molecule has 0 bridgehead atoms. The summed E-state index contributed by atoms with van der Waals surface area (Å²) in [5.41, 5.74) is 0.392. The molecule has 0 spiro atoms. The third-order valence-corrected chi connectivity index (χ3v) is 5.50. The van der Waals surface area contributed by atoms with Crippen LogP contribution in [0.1, 0.15) is 62.3 Å². The highest BCUT2D eigenvalue weighted by atomic mass is 32.1. The van der Waals surface area contributed by atoms with E-state index in [4.69, 9.17) is 5.11 Å². The highest BCUT2D eigenvalue weighted by molar-refractivity contribution is 7.14. The molecule has 7 heteroatoms. The number of hydrogen-bond acceptors (Lipinski definition) is 4. The number of nitrogens with zero attached hydrogens (tertiary/aromatic N) is 1. The smallest absolute Gasteiger partial charge is 0.335 e. The summed E-state index contributed by atoms with van der Waals surface area (Å²) in [7, 11) is 0. The largest absolute Gasteiger partial charge is 0.478 e. The van der Waals surface area contributed by atoms with Crippen molar-refractivity contribution in [2.75, 3.05) is 5.32 Å². The molecular weight excluding hydrogens is 331 g/mol. The molecule has 1 aliphatic carbocycles. The SMILES string of the molecule is Cc1nc(C2CCCC2)sc1C(=O)Nc1cc(C(=O)O)ccc1F. The molecule has 1 aliphatic rings. The quantitative estimate of drug-likeness (QED) is 0.868. The van der Waals surface area contributed by atoms with E-state index < -0.39 is 17.7 Å². The summed E-state index contributed by atoms with van der Waals surface area (Å²) in [6.07, 6.45) is 4.53. The third-order valence-electron chi connectivity index (χ3n) is 4.19. The fraction of sp³-hybridized carbons (Fsp3) is 0.353. The first-order valence-electron chi connectivity index (χ1n) is 7.77. The Morgan fingerprint density at radius 1 is 1.33 bits per heavy atom. The van der Waals surface area contributed by atoms with Gasteiger partial charge in [-0.05, 0) is 38.0 Å². The summed E-state index contributed by atoms with van der Waals surface area (Å²) < 4.78 is 13.8. The molecule has 0 unspecified atom stereocenters. The van der Waals surface area contributed by atoms with Crippen LogP contribution >= 0.6 is 11.3 Å². The van der Waals surface area contributed by atoms with Crippen LogP contribution in [0.25, 0.3) is 0 Å². The molecule has 1 saturated carbocycles. The van der Waals surface area contributed by atoms with Crippen molar-refractivity contribution in [2.24, 2.45) is 0 Å². The number of amides is 1. The predicted molar refractivity (Wildman–Crippen MR) is 89.4 cm³/mol. The van der Waals surface area contributed by atoms with Gasteiger partial charge >= 0.3 is 5.97 Å². The number of hydrogen-bond donors (Lipinski definition) is 2. The fourth-order valence-corrected chi connectivity index (χ4v) is 4.04. The second-order valence-electron chi connectivity index (χ2n) is 5.90. The lowest BCUT2D eigenvalue weighted by atomic mass is 10.1. The van der Waals surface area contributed by atoms with Crippen molar-refractivity contribution < 1.29 is 19.1 Å². The van der Waals surface area contributed by atoms with Gasteiger partial charge in [0.1, 0.15) is 10.7 Å². The van der Waals surface area contributed by atoms with Crippen molar-refractivity contribution in [1.29, 1.82) is 0 Å². The molecule has 2 aromatic rings. The molecule has 0 saturated heterocycles. The van der Waals surface area contributed by atoms with Gasteiger partial charge in [-0.25, -0.2) is 14.2 Å². The average Bonchev–Trinajstić information content (AvgIpc) is 3.18. The Kier molecular flexibility index (Phi) is 4.62. The summed E-state index contributed by atoms with van der Waals surface area (Å²) in [6.45, 7) is 1.76. The van der Waals surface area contributed by atoms with E-state index >= 15 is 0 Å². The first kappa shape index (κ1) is 16.6.